The minimum absolute atomic E-state index is 0.153. The molecule has 4 rings (SSSR count). The lowest BCUT2D eigenvalue weighted by atomic mass is 10.1. The largest absolute Gasteiger partial charge is 0.361 e. The Labute approximate surface area is 143 Å². The molecule has 1 atom stereocenters. The van der Waals surface area contributed by atoms with E-state index in [1.165, 1.54) is 4.88 Å². The Morgan fingerprint density at radius 2 is 2.17 bits per heavy atom. The SMILES string of the molecule is O=C(c1ccc2[nH]ccc2c1)N1CCSC(c2cccs2)CC1. The number of carbonyl (C=O) groups excluding carboxylic acids is 1. The Morgan fingerprint density at radius 1 is 1.22 bits per heavy atom. The summed E-state index contributed by atoms with van der Waals surface area (Å²) in [5, 5.41) is 3.76. The number of thiophene rings is 1. The smallest absolute Gasteiger partial charge is 0.253 e. The van der Waals surface area contributed by atoms with Crippen molar-refractivity contribution < 1.29 is 4.79 Å². The monoisotopic (exact) mass is 342 g/mol. The van der Waals surface area contributed by atoms with Crippen LogP contribution >= 0.6 is 23.1 Å². The van der Waals surface area contributed by atoms with Gasteiger partial charge in [0.2, 0.25) is 0 Å². The van der Waals surface area contributed by atoms with E-state index in [4.69, 9.17) is 0 Å². The fourth-order valence-corrected chi connectivity index (χ4v) is 5.28. The number of fused-ring (bicyclic) bond motifs is 1. The van der Waals surface area contributed by atoms with E-state index in [9.17, 15) is 4.79 Å². The first-order valence-corrected chi connectivity index (χ1v) is 9.75. The highest BCUT2D eigenvalue weighted by atomic mass is 32.2. The molecule has 1 aromatic carbocycles. The highest BCUT2D eigenvalue weighted by Gasteiger charge is 2.23. The van der Waals surface area contributed by atoms with Crippen molar-refractivity contribution in [1.29, 1.82) is 0 Å². The van der Waals surface area contributed by atoms with Crippen LogP contribution in [-0.2, 0) is 0 Å². The van der Waals surface area contributed by atoms with E-state index >= 15 is 0 Å². The summed E-state index contributed by atoms with van der Waals surface area (Å²) in [5.74, 6) is 1.15. The second-order valence-corrected chi connectivity index (χ2v) is 8.03. The van der Waals surface area contributed by atoms with Gasteiger partial charge >= 0.3 is 0 Å². The number of nitrogens with zero attached hydrogens (tertiary/aromatic N) is 1. The summed E-state index contributed by atoms with van der Waals surface area (Å²) in [6, 6.07) is 12.2. The molecule has 0 bridgehead atoms. The molecule has 0 aliphatic carbocycles. The van der Waals surface area contributed by atoms with Gasteiger partial charge in [-0.1, -0.05) is 6.07 Å². The van der Waals surface area contributed by atoms with Crippen molar-refractivity contribution in [3.8, 4) is 0 Å². The zero-order chi connectivity index (χ0) is 15.6. The zero-order valence-corrected chi connectivity index (χ0v) is 14.3. The first-order valence-electron chi connectivity index (χ1n) is 7.83. The van der Waals surface area contributed by atoms with Crippen molar-refractivity contribution in [2.24, 2.45) is 0 Å². The average molecular weight is 342 g/mol. The molecular weight excluding hydrogens is 324 g/mol. The molecule has 118 valence electrons. The van der Waals surface area contributed by atoms with Gasteiger partial charge in [0, 0.05) is 51.6 Å². The first-order chi connectivity index (χ1) is 11.3. The summed E-state index contributed by atoms with van der Waals surface area (Å²) in [4.78, 5) is 19.4. The summed E-state index contributed by atoms with van der Waals surface area (Å²) >= 11 is 3.79. The van der Waals surface area contributed by atoms with E-state index < -0.39 is 0 Å². The number of nitrogens with one attached hydrogen (secondary N) is 1. The maximum absolute atomic E-state index is 12.8. The molecule has 1 fully saturated rings. The number of rotatable bonds is 2. The topological polar surface area (TPSA) is 36.1 Å². The van der Waals surface area contributed by atoms with E-state index in [2.05, 4.69) is 22.5 Å². The molecule has 0 saturated carbocycles. The number of benzene rings is 1. The molecule has 1 saturated heterocycles. The fraction of sp³-hybridized carbons (Fsp3) is 0.278. The van der Waals surface area contributed by atoms with Gasteiger partial charge in [-0.15, -0.1) is 11.3 Å². The highest BCUT2D eigenvalue weighted by Crippen LogP contribution is 2.36. The number of hydrogen-bond acceptors (Lipinski definition) is 3. The normalized spacial score (nSPS) is 19.0. The van der Waals surface area contributed by atoms with Gasteiger partial charge in [0.25, 0.3) is 5.91 Å². The molecule has 3 nitrogen and oxygen atoms in total. The molecule has 1 aliphatic heterocycles. The predicted octanol–water partition coefficient (Wildman–Crippen LogP) is 4.55. The van der Waals surface area contributed by atoms with Crippen LogP contribution in [0.1, 0.15) is 26.9 Å². The lowest BCUT2D eigenvalue weighted by Crippen LogP contribution is -2.32. The maximum atomic E-state index is 12.8. The van der Waals surface area contributed by atoms with Crippen LogP contribution in [0.15, 0.2) is 48.0 Å². The van der Waals surface area contributed by atoms with Gasteiger partial charge < -0.3 is 9.88 Å². The minimum atomic E-state index is 0.153. The van der Waals surface area contributed by atoms with Crippen LogP contribution in [0.25, 0.3) is 10.9 Å². The van der Waals surface area contributed by atoms with Crippen molar-refractivity contribution in [3.05, 3.63) is 58.4 Å². The molecule has 1 N–H and O–H groups in total. The first kappa shape index (κ1) is 14.8. The number of aromatic nitrogens is 1. The molecule has 2 aromatic heterocycles. The number of hydrogen-bond donors (Lipinski definition) is 1. The second kappa shape index (κ2) is 6.42. The molecule has 0 radical (unpaired) electrons. The summed E-state index contributed by atoms with van der Waals surface area (Å²) in [7, 11) is 0. The van der Waals surface area contributed by atoms with Gasteiger partial charge in [-0.25, -0.2) is 0 Å². The third-order valence-corrected chi connectivity index (χ3v) is 6.73. The van der Waals surface area contributed by atoms with Crippen LogP contribution in [0.5, 0.6) is 0 Å². The summed E-state index contributed by atoms with van der Waals surface area (Å²) in [5.41, 5.74) is 1.86. The van der Waals surface area contributed by atoms with E-state index in [0.717, 1.165) is 41.7 Å². The van der Waals surface area contributed by atoms with Crippen LogP contribution in [0.4, 0.5) is 0 Å². The van der Waals surface area contributed by atoms with Crippen LogP contribution < -0.4 is 0 Å². The summed E-state index contributed by atoms with van der Waals surface area (Å²) in [6.07, 6.45) is 2.94. The number of H-pyrrole nitrogens is 1. The molecule has 3 heterocycles. The summed E-state index contributed by atoms with van der Waals surface area (Å²) < 4.78 is 0. The van der Waals surface area contributed by atoms with E-state index in [0.29, 0.717) is 5.25 Å². The van der Waals surface area contributed by atoms with Gasteiger partial charge in [0.15, 0.2) is 0 Å². The zero-order valence-electron chi connectivity index (χ0n) is 12.7. The molecule has 1 unspecified atom stereocenters. The van der Waals surface area contributed by atoms with Crippen LogP contribution in [0.3, 0.4) is 0 Å². The van der Waals surface area contributed by atoms with Crippen molar-refractivity contribution in [2.45, 2.75) is 11.7 Å². The van der Waals surface area contributed by atoms with Crippen molar-refractivity contribution in [3.63, 3.8) is 0 Å². The Kier molecular flexibility index (Phi) is 4.14. The van der Waals surface area contributed by atoms with Crippen LogP contribution in [0.2, 0.25) is 0 Å². The Balaban J connectivity index is 1.50. The van der Waals surface area contributed by atoms with Gasteiger partial charge in [0.05, 0.1) is 0 Å². The molecule has 3 aromatic rings. The van der Waals surface area contributed by atoms with E-state index in [-0.39, 0.29) is 5.91 Å². The van der Waals surface area contributed by atoms with Gasteiger partial charge in [0.1, 0.15) is 0 Å². The third-order valence-electron chi connectivity index (χ3n) is 4.29. The van der Waals surface area contributed by atoms with Crippen molar-refractivity contribution in [1.82, 2.24) is 9.88 Å². The van der Waals surface area contributed by atoms with Gasteiger partial charge in [-0.05, 0) is 42.1 Å². The lowest BCUT2D eigenvalue weighted by molar-refractivity contribution is 0.0767. The molecule has 23 heavy (non-hydrogen) atoms. The Bertz CT molecular complexity index is 809. The van der Waals surface area contributed by atoms with E-state index in [1.54, 1.807) is 0 Å². The van der Waals surface area contributed by atoms with Gasteiger partial charge in [-0.3, -0.25) is 4.79 Å². The molecular formula is C18H18N2OS2. The molecule has 1 aliphatic rings. The quantitative estimate of drug-likeness (QED) is 0.742. The van der Waals surface area contributed by atoms with Crippen LogP contribution in [-0.4, -0.2) is 34.6 Å². The minimum Gasteiger partial charge on any atom is -0.361 e. The second-order valence-electron chi connectivity index (χ2n) is 5.74. The number of thioether (sulfide) groups is 1. The lowest BCUT2D eigenvalue weighted by Gasteiger charge is -2.20. The maximum Gasteiger partial charge on any atom is 0.253 e. The summed E-state index contributed by atoms with van der Waals surface area (Å²) in [6.45, 7) is 1.66. The van der Waals surface area contributed by atoms with Gasteiger partial charge in [-0.2, -0.15) is 11.8 Å². The molecule has 1 amide bonds. The van der Waals surface area contributed by atoms with Crippen LogP contribution in [0, 0.1) is 0 Å². The Morgan fingerprint density at radius 3 is 3.04 bits per heavy atom. The molecule has 5 heteroatoms. The fourth-order valence-electron chi connectivity index (χ4n) is 3.04. The number of carbonyl (C=O) groups is 1. The van der Waals surface area contributed by atoms with Crippen molar-refractivity contribution in [2.75, 3.05) is 18.8 Å². The average Bonchev–Trinajstić information content (AvgIpc) is 3.21. The highest BCUT2D eigenvalue weighted by molar-refractivity contribution is 7.99. The van der Waals surface area contributed by atoms with Crippen molar-refractivity contribution >= 4 is 39.9 Å². The Hall–Kier alpha value is -1.72. The predicted molar refractivity (Wildman–Crippen MR) is 98.3 cm³/mol. The standard InChI is InChI=1S/C18H18N2OS2/c21-18(14-3-4-15-13(12-14)5-7-19-15)20-8-6-17(23-11-9-20)16-2-1-10-22-16/h1-5,7,10,12,17,19H,6,8-9,11H2. The van der Waals surface area contributed by atoms with E-state index in [1.807, 2.05) is 58.5 Å². The third kappa shape index (κ3) is 3.03. The number of aromatic amines is 1. The molecule has 0 spiro atoms. The number of amides is 1.